The summed E-state index contributed by atoms with van der Waals surface area (Å²) in [5, 5.41) is 12.2. The first-order chi connectivity index (χ1) is 8.61. The number of rotatable bonds is 3. The molecule has 1 aliphatic rings. The summed E-state index contributed by atoms with van der Waals surface area (Å²) < 4.78 is 26.7. The second-order valence-corrected chi connectivity index (χ2v) is 4.83. The van der Waals surface area contributed by atoms with Crippen molar-refractivity contribution in [1.82, 2.24) is 5.32 Å². The largest absolute Gasteiger partial charge is 0.306 e. The van der Waals surface area contributed by atoms with Gasteiger partial charge in [0.1, 0.15) is 11.6 Å². The van der Waals surface area contributed by atoms with Crippen molar-refractivity contribution in [2.24, 2.45) is 5.92 Å². The smallest absolute Gasteiger partial charge is 0.128 e. The Morgan fingerprint density at radius 1 is 1.39 bits per heavy atom. The molecule has 0 radical (unpaired) electrons. The van der Waals surface area contributed by atoms with E-state index < -0.39 is 11.6 Å². The van der Waals surface area contributed by atoms with Gasteiger partial charge in [-0.05, 0) is 38.0 Å². The molecule has 1 fully saturated rings. The first kappa shape index (κ1) is 13.0. The van der Waals surface area contributed by atoms with Crippen LogP contribution in [0.5, 0.6) is 0 Å². The fraction of sp³-hybridized carbons (Fsp3) is 0.500. The quantitative estimate of drug-likeness (QED) is 0.893. The van der Waals surface area contributed by atoms with E-state index in [2.05, 4.69) is 11.4 Å². The minimum absolute atomic E-state index is 0.0240. The summed E-state index contributed by atoms with van der Waals surface area (Å²) in [5.41, 5.74) is 0.318. The van der Waals surface area contributed by atoms with Crippen LogP contribution in [0.25, 0.3) is 0 Å². The Hall–Kier alpha value is -1.47. The van der Waals surface area contributed by atoms with Crippen molar-refractivity contribution in [3.63, 3.8) is 0 Å². The Morgan fingerprint density at radius 3 is 2.89 bits per heavy atom. The fourth-order valence-electron chi connectivity index (χ4n) is 2.57. The van der Waals surface area contributed by atoms with Crippen LogP contribution < -0.4 is 5.32 Å². The maximum Gasteiger partial charge on any atom is 0.128 e. The van der Waals surface area contributed by atoms with Gasteiger partial charge in [0.05, 0.1) is 12.0 Å². The first-order valence-corrected chi connectivity index (χ1v) is 6.22. The minimum Gasteiger partial charge on any atom is -0.306 e. The molecule has 2 nitrogen and oxygen atoms in total. The molecule has 4 heteroatoms. The Balaban J connectivity index is 2.10. The Labute approximate surface area is 106 Å². The number of hydrogen-bond donors (Lipinski definition) is 1. The third-order valence-corrected chi connectivity index (χ3v) is 3.57. The summed E-state index contributed by atoms with van der Waals surface area (Å²) in [6, 6.07) is 5.51. The normalized spacial score (nSPS) is 24.8. The zero-order chi connectivity index (χ0) is 13.1. The van der Waals surface area contributed by atoms with Gasteiger partial charge < -0.3 is 5.32 Å². The summed E-state index contributed by atoms with van der Waals surface area (Å²) in [7, 11) is 0. The van der Waals surface area contributed by atoms with E-state index in [1.165, 1.54) is 6.07 Å². The minimum atomic E-state index is -0.441. The van der Waals surface area contributed by atoms with E-state index in [-0.39, 0.29) is 18.0 Å². The molecule has 96 valence electrons. The molecule has 0 aromatic heterocycles. The number of hydrogen-bond acceptors (Lipinski definition) is 2. The number of benzene rings is 1. The van der Waals surface area contributed by atoms with E-state index in [0.29, 0.717) is 5.56 Å². The monoisotopic (exact) mass is 250 g/mol. The molecule has 0 amide bonds. The molecule has 1 N–H and O–H groups in total. The van der Waals surface area contributed by atoms with Gasteiger partial charge in [0.15, 0.2) is 0 Å². The van der Waals surface area contributed by atoms with Gasteiger partial charge in [0, 0.05) is 17.6 Å². The van der Waals surface area contributed by atoms with E-state index in [4.69, 9.17) is 5.26 Å². The van der Waals surface area contributed by atoms with Gasteiger partial charge in [0.25, 0.3) is 0 Å². The summed E-state index contributed by atoms with van der Waals surface area (Å²) in [5.74, 6) is -0.879. The molecule has 1 saturated carbocycles. The van der Waals surface area contributed by atoms with E-state index in [0.717, 1.165) is 31.4 Å². The molecule has 1 aromatic rings. The maximum absolute atomic E-state index is 13.6. The average molecular weight is 250 g/mol. The topological polar surface area (TPSA) is 35.8 Å². The van der Waals surface area contributed by atoms with Crippen molar-refractivity contribution in [1.29, 1.82) is 5.26 Å². The molecule has 0 saturated heterocycles. The zero-order valence-electron chi connectivity index (χ0n) is 10.3. The molecule has 1 aliphatic carbocycles. The van der Waals surface area contributed by atoms with Crippen LogP contribution in [-0.4, -0.2) is 6.04 Å². The lowest BCUT2D eigenvalue weighted by Crippen LogP contribution is -2.34. The van der Waals surface area contributed by atoms with Gasteiger partial charge in [-0.3, -0.25) is 0 Å². The van der Waals surface area contributed by atoms with Crippen molar-refractivity contribution in [3.05, 3.63) is 35.4 Å². The van der Waals surface area contributed by atoms with E-state index in [1.54, 1.807) is 6.92 Å². The highest BCUT2D eigenvalue weighted by Gasteiger charge is 2.28. The van der Waals surface area contributed by atoms with E-state index in [1.807, 2.05) is 0 Å². The highest BCUT2D eigenvalue weighted by Crippen LogP contribution is 2.28. The van der Waals surface area contributed by atoms with Crippen molar-refractivity contribution in [2.45, 2.75) is 38.3 Å². The van der Waals surface area contributed by atoms with Gasteiger partial charge in [-0.25, -0.2) is 8.78 Å². The molecule has 3 unspecified atom stereocenters. The summed E-state index contributed by atoms with van der Waals surface area (Å²) in [4.78, 5) is 0. The molecule has 0 spiro atoms. The Bertz CT molecular complexity index is 467. The second-order valence-electron chi connectivity index (χ2n) is 4.83. The lowest BCUT2D eigenvalue weighted by atomic mass is 10.0. The third kappa shape index (κ3) is 2.68. The SMILES string of the molecule is CC(NC1CCCC1C#N)c1cc(F)ccc1F. The number of nitriles is 1. The Morgan fingerprint density at radius 2 is 2.17 bits per heavy atom. The molecule has 0 heterocycles. The number of halogens is 2. The summed E-state index contributed by atoms with van der Waals surface area (Å²) in [6.07, 6.45) is 2.81. The molecular formula is C14H16F2N2. The van der Waals surface area contributed by atoms with Crippen molar-refractivity contribution in [3.8, 4) is 6.07 Å². The van der Waals surface area contributed by atoms with Gasteiger partial charge in [-0.1, -0.05) is 6.42 Å². The molecular weight excluding hydrogens is 234 g/mol. The summed E-state index contributed by atoms with van der Waals surface area (Å²) in [6.45, 7) is 1.80. The third-order valence-electron chi connectivity index (χ3n) is 3.57. The predicted molar refractivity (Wildman–Crippen MR) is 64.7 cm³/mol. The van der Waals surface area contributed by atoms with Gasteiger partial charge in [-0.15, -0.1) is 0 Å². The lowest BCUT2D eigenvalue weighted by Gasteiger charge is -2.22. The molecule has 3 atom stereocenters. The highest BCUT2D eigenvalue weighted by molar-refractivity contribution is 5.22. The van der Waals surface area contributed by atoms with Gasteiger partial charge in [0.2, 0.25) is 0 Å². The van der Waals surface area contributed by atoms with Gasteiger partial charge >= 0.3 is 0 Å². The second kappa shape index (κ2) is 5.45. The number of nitrogens with one attached hydrogen (secondary N) is 1. The molecule has 18 heavy (non-hydrogen) atoms. The highest BCUT2D eigenvalue weighted by atomic mass is 19.1. The van der Waals surface area contributed by atoms with Crippen molar-refractivity contribution >= 4 is 0 Å². The van der Waals surface area contributed by atoms with Crippen LogP contribution in [0.15, 0.2) is 18.2 Å². The molecule has 1 aromatic carbocycles. The van der Waals surface area contributed by atoms with Crippen LogP contribution in [0.2, 0.25) is 0 Å². The van der Waals surface area contributed by atoms with E-state index in [9.17, 15) is 8.78 Å². The maximum atomic E-state index is 13.6. The average Bonchev–Trinajstić information content (AvgIpc) is 2.79. The summed E-state index contributed by atoms with van der Waals surface area (Å²) >= 11 is 0. The van der Waals surface area contributed by atoms with Crippen LogP contribution in [0.1, 0.15) is 37.8 Å². The lowest BCUT2D eigenvalue weighted by molar-refractivity contribution is 0.407. The Kier molecular flexibility index (Phi) is 3.93. The van der Waals surface area contributed by atoms with E-state index >= 15 is 0 Å². The van der Waals surface area contributed by atoms with Crippen LogP contribution in [0.4, 0.5) is 8.78 Å². The fourth-order valence-corrected chi connectivity index (χ4v) is 2.57. The molecule has 2 rings (SSSR count). The van der Waals surface area contributed by atoms with Crippen LogP contribution in [0.3, 0.4) is 0 Å². The van der Waals surface area contributed by atoms with Crippen LogP contribution in [0, 0.1) is 28.9 Å². The predicted octanol–water partition coefficient (Wildman–Crippen LogP) is 3.31. The van der Waals surface area contributed by atoms with Gasteiger partial charge in [-0.2, -0.15) is 5.26 Å². The standard InChI is InChI=1S/C14H16F2N2/c1-9(12-7-11(15)5-6-13(12)16)18-14-4-2-3-10(14)8-17/h5-7,9-10,14,18H,2-4H2,1H3. The van der Waals surface area contributed by atoms with Crippen LogP contribution >= 0.6 is 0 Å². The number of nitrogens with zero attached hydrogens (tertiary/aromatic N) is 1. The molecule has 0 bridgehead atoms. The zero-order valence-corrected chi connectivity index (χ0v) is 10.3. The first-order valence-electron chi connectivity index (χ1n) is 6.22. The van der Waals surface area contributed by atoms with Crippen molar-refractivity contribution in [2.75, 3.05) is 0 Å². The van der Waals surface area contributed by atoms with Crippen LogP contribution in [-0.2, 0) is 0 Å². The molecule has 0 aliphatic heterocycles. The van der Waals surface area contributed by atoms with Crippen molar-refractivity contribution < 1.29 is 8.78 Å².